The van der Waals surface area contributed by atoms with E-state index in [1.807, 2.05) is 67.6 Å². The number of hydrogen-bond acceptors (Lipinski definition) is 5. The van der Waals surface area contributed by atoms with E-state index >= 15 is 0 Å². The predicted octanol–water partition coefficient (Wildman–Crippen LogP) is 6.07. The third-order valence-electron chi connectivity index (χ3n) is 6.38. The molecule has 5 heteroatoms. The molecule has 0 spiro atoms. The maximum absolute atomic E-state index is 13.7. The molecule has 0 radical (unpaired) electrons. The molecule has 5 nitrogen and oxygen atoms in total. The lowest BCUT2D eigenvalue weighted by molar-refractivity contribution is -0.116. The average molecular weight is 441 g/mol. The Kier molecular flexibility index (Phi) is 5.78. The van der Waals surface area contributed by atoms with Gasteiger partial charge in [-0.2, -0.15) is 0 Å². The minimum Gasteiger partial charge on any atom is -0.497 e. The van der Waals surface area contributed by atoms with Crippen LogP contribution in [0.15, 0.2) is 84.1 Å². The van der Waals surface area contributed by atoms with Gasteiger partial charge in [0.2, 0.25) is 0 Å². The Morgan fingerprint density at radius 3 is 2.39 bits per heavy atom. The number of hydrogen-bond donors (Lipinski definition) is 2. The normalized spacial score (nSPS) is 19.5. The summed E-state index contributed by atoms with van der Waals surface area (Å²) in [5.74, 6) is 1.87. The van der Waals surface area contributed by atoms with E-state index in [-0.39, 0.29) is 17.7 Å². The van der Waals surface area contributed by atoms with Crippen molar-refractivity contribution in [1.29, 1.82) is 0 Å². The third kappa shape index (κ3) is 4.19. The van der Waals surface area contributed by atoms with Gasteiger partial charge in [0.05, 0.1) is 31.1 Å². The molecule has 1 heterocycles. The number of rotatable bonds is 5. The average Bonchev–Trinajstić information content (AvgIpc) is 3.01. The van der Waals surface area contributed by atoms with Crippen molar-refractivity contribution in [3.8, 4) is 11.5 Å². The number of carbonyl (C=O) groups is 1. The molecule has 3 aromatic carbocycles. The summed E-state index contributed by atoms with van der Waals surface area (Å²) in [5, 5.41) is 7.22. The summed E-state index contributed by atoms with van der Waals surface area (Å²) in [4.78, 5) is 13.7. The zero-order valence-electron chi connectivity index (χ0n) is 18.9. The Morgan fingerprint density at radius 2 is 1.61 bits per heavy atom. The van der Waals surface area contributed by atoms with Gasteiger partial charge in [0, 0.05) is 17.7 Å². The van der Waals surface area contributed by atoms with E-state index in [2.05, 4.69) is 22.8 Å². The van der Waals surface area contributed by atoms with Gasteiger partial charge in [0.1, 0.15) is 11.5 Å². The summed E-state index contributed by atoms with van der Waals surface area (Å²) in [6.45, 7) is 2.57. The molecule has 0 unspecified atom stereocenters. The highest BCUT2D eigenvalue weighted by molar-refractivity contribution is 6.01. The molecule has 0 amide bonds. The Bertz CT molecular complexity index is 1220. The van der Waals surface area contributed by atoms with Gasteiger partial charge in [-0.1, -0.05) is 36.4 Å². The molecule has 1 aliphatic carbocycles. The Morgan fingerprint density at radius 1 is 0.879 bits per heavy atom. The molecule has 0 aromatic heterocycles. The third-order valence-corrected chi connectivity index (χ3v) is 6.38. The van der Waals surface area contributed by atoms with Crippen molar-refractivity contribution in [2.75, 3.05) is 24.4 Å². The van der Waals surface area contributed by atoms with E-state index in [0.717, 1.165) is 51.7 Å². The number of carbonyl (C=O) groups excluding carboxylic acids is 1. The van der Waals surface area contributed by atoms with E-state index in [1.165, 1.54) is 0 Å². The molecule has 5 rings (SSSR count). The van der Waals surface area contributed by atoms with Crippen LogP contribution in [0.5, 0.6) is 11.5 Å². The van der Waals surface area contributed by atoms with Crippen molar-refractivity contribution in [2.24, 2.45) is 0 Å². The van der Waals surface area contributed by atoms with Crippen LogP contribution in [0, 0.1) is 0 Å². The number of benzene rings is 3. The summed E-state index contributed by atoms with van der Waals surface area (Å²) in [7, 11) is 1.67. The lowest BCUT2D eigenvalue weighted by Crippen LogP contribution is -2.26. The van der Waals surface area contributed by atoms with Crippen molar-refractivity contribution in [3.63, 3.8) is 0 Å². The first-order chi connectivity index (χ1) is 16.2. The second kappa shape index (κ2) is 9.02. The molecule has 168 valence electrons. The summed E-state index contributed by atoms with van der Waals surface area (Å²) >= 11 is 0. The standard InChI is InChI=1S/C28H28N2O3/c1-3-33-22-11-7-9-19(15-22)28-27-25(29-23-12-4-5-13-24(23)30-28)16-20(17-26(27)31)18-8-6-10-21(14-18)32-2/h4-15,20,28-30H,3,16-17H2,1-2H3/t20-,28+/m1/s1. The maximum atomic E-state index is 13.7. The van der Waals surface area contributed by atoms with Crippen LogP contribution >= 0.6 is 0 Å². The van der Waals surface area contributed by atoms with E-state index in [1.54, 1.807) is 7.11 Å². The van der Waals surface area contributed by atoms with E-state index in [9.17, 15) is 4.79 Å². The SMILES string of the molecule is CCOc1cccc([C@@H]2Nc3ccccc3NC3=C2C(=O)C[C@H](c2cccc(OC)c2)C3)c1. The van der Waals surface area contributed by atoms with Gasteiger partial charge in [0.25, 0.3) is 0 Å². The van der Waals surface area contributed by atoms with Crippen LogP contribution in [-0.2, 0) is 4.79 Å². The van der Waals surface area contributed by atoms with Crippen LogP contribution < -0.4 is 20.1 Å². The number of ether oxygens (including phenoxy) is 2. The number of anilines is 2. The summed E-state index contributed by atoms with van der Waals surface area (Å²) in [6, 6.07) is 23.9. The monoisotopic (exact) mass is 440 g/mol. The summed E-state index contributed by atoms with van der Waals surface area (Å²) in [6.07, 6.45) is 1.22. The highest BCUT2D eigenvalue weighted by atomic mass is 16.5. The number of fused-ring (bicyclic) bond motifs is 1. The first-order valence-electron chi connectivity index (χ1n) is 11.4. The van der Waals surface area contributed by atoms with Gasteiger partial charge in [-0.25, -0.2) is 0 Å². The van der Waals surface area contributed by atoms with E-state index in [0.29, 0.717) is 13.0 Å². The van der Waals surface area contributed by atoms with Crippen LogP contribution in [0.3, 0.4) is 0 Å². The van der Waals surface area contributed by atoms with Crippen molar-refractivity contribution < 1.29 is 14.3 Å². The fourth-order valence-electron chi connectivity index (χ4n) is 4.82. The molecule has 0 saturated carbocycles. The molecule has 0 fully saturated rings. The van der Waals surface area contributed by atoms with Gasteiger partial charge >= 0.3 is 0 Å². The Labute approximate surface area is 194 Å². The zero-order valence-corrected chi connectivity index (χ0v) is 18.9. The second-order valence-electron chi connectivity index (χ2n) is 8.45. The molecule has 0 saturated heterocycles. The molecule has 2 atom stereocenters. The van der Waals surface area contributed by atoms with Crippen LogP contribution in [0.2, 0.25) is 0 Å². The fourth-order valence-corrected chi connectivity index (χ4v) is 4.82. The lowest BCUT2D eigenvalue weighted by Gasteiger charge is -2.30. The van der Waals surface area contributed by atoms with E-state index < -0.39 is 0 Å². The van der Waals surface area contributed by atoms with Gasteiger partial charge in [0.15, 0.2) is 5.78 Å². The number of methoxy groups -OCH3 is 1. The highest BCUT2D eigenvalue weighted by Gasteiger charge is 2.36. The topological polar surface area (TPSA) is 59.6 Å². The van der Waals surface area contributed by atoms with Crippen molar-refractivity contribution in [2.45, 2.75) is 31.7 Å². The van der Waals surface area contributed by atoms with Crippen molar-refractivity contribution in [3.05, 3.63) is 95.2 Å². The fraction of sp³-hybridized carbons (Fsp3) is 0.250. The van der Waals surface area contributed by atoms with Gasteiger partial charge in [-0.05, 0) is 66.8 Å². The first kappa shape index (κ1) is 21.1. The van der Waals surface area contributed by atoms with Crippen LogP contribution in [0.25, 0.3) is 0 Å². The number of allylic oxidation sites excluding steroid dienone is 1. The van der Waals surface area contributed by atoms with Gasteiger partial charge < -0.3 is 20.1 Å². The number of nitrogens with one attached hydrogen (secondary N) is 2. The highest BCUT2D eigenvalue weighted by Crippen LogP contribution is 2.44. The quantitative estimate of drug-likeness (QED) is 0.504. The Hall–Kier alpha value is -3.73. The number of para-hydroxylation sites is 2. The minimum atomic E-state index is -0.254. The molecule has 2 aliphatic rings. The summed E-state index contributed by atoms with van der Waals surface area (Å²) in [5.41, 5.74) is 5.87. The van der Waals surface area contributed by atoms with Gasteiger partial charge in [-0.3, -0.25) is 4.79 Å². The van der Waals surface area contributed by atoms with E-state index in [4.69, 9.17) is 9.47 Å². The molecule has 2 N–H and O–H groups in total. The van der Waals surface area contributed by atoms with Crippen LogP contribution in [0.1, 0.15) is 42.9 Å². The number of ketones is 1. The Balaban J connectivity index is 1.58. The number of Topliss-reactive ketones (excluding diaryl/α,β-unsaturated/α-hetero) is 1. The predicted molar refractivity (Wildman–Crippen MR) is 131 cm³/mol. The zero-order chi connectivity index (χ0) is 22.8. The molecular formula is C28H28N2O3. The summed E-state index contributed by atoms with van der Waals surface area (Å²) < 4.78 is 11.2. The largest absolute Gasteiger partial charge is 0.497 e. The molecule has 0 bridgehead atoms. The van der Waals surface area contributed by atoms with Crippen molar-refractivity contribution >= 4 is 17.2 Å². The minimum absolute atomic E-state index is 0.0968. The molecular weight excluding hydrogens is 412 g/mol. The lowest BCUT2D eigenvalue weighted by atomic mass is 9.78. The van der Waals surface area contributed by atoms with Crippen LogP contribution in [0.4, 0.5) is 11.4 Å². The van der Waals surface area contributed by atoms with Crippen molar-refractivity contribution in [1.82, 2.24) is 0 Å². The molecule has 33 heavy (non-hydrogen) atoms. The second-order valence-corrected chi connectivity index (χ2v) is 8.45. The molecule has 1 aliphatic heterocycles. The maximum Gasteiger partial charge on any atom is 0.163 e. The smallest absolute Gasteiger partial charge is 0.163 e. The van der Waals surface area contributed by atoms with Gasteiger partial charge in [-0.15, -0.1) is 0 Å². The first-order valence-corrected chi connectivity index (χ1v) is 11.4. The molecule has 3 aromatic rings. The van der Waals surface area contributed by atoms with Crippen LogP contribution in [-0.4, -0.2) is 19.5 Å².